The Hall–Kier alpha value is -2.21. The molecule has 1 aliphatic rings. The minimum Gasteiger partial charge on any atom is -0.476 e. The molecule has 6 heteroatoms. The maximum atomic E-state index is 10.7. The van der Waals surface area contributed by atoms with Gasteiger partial charge in [0.05, 0.1) is 12.7 Å². The van der Waals surface area contributed by atoms with E-state index in [1.807, 2.05) is 0 Å². The number of fused-ring (bicyclic) bond motifs is 1. The third-order valence-electron chi connectivity index (χ3n) is 3.63. The molecule has 20 heavy (non-hydrogen) atoms. The molecular formula is C14H16N4O2. The number of hydrogen-bond acceptors (Lipinski definition) is 4. The van der Waals surface area contributed by atoms with Gasteiger partial charge in [-0.25, -0.2) is 4.79 Å². The van der Waals surface area contributed by atoms with Crippen LogP contribution < -0.4 is 5.32 Å². The lowest BCUT2D eigenvalue weighted by Gasteiger charge is -2.30. The second kappa shape index (κ2) is 5.42. The van der Waals surface area contributed by atoms with Gasteiger partial charge in [-0.05, 0) is 17.5 Å². The minimum absolute atomic E-state index is 0.0158. The number of nitrogens with one attached hydrogen (secondary N) is 1. The maximum Gasteiger partial charge on any atom is 0.358 e. The molecule has 0 bridgehead atoms. The van der Waals surface area contributed by atoms with Crippen LogP contribution in [0, 0.1) is 0 Å². The molecular weight excluding hydrogens is 256 g/mol. The van der Waals surface area contributed by atoms with Crippen LogP contribution in [0.25, 0.3) is 0 Å². The van der Waals surface area contributed by atoms with Crippen LogP contribution in [0.5, 0.6) is 0 Å². The fourth-order valence-corrected chi connectivity index (χ4v) is 2.52. The van der Waals surface area contributed by atoms with E-state index in [1.54, 1.807) is 4.68 Å². The Labute approximate surface area is 116 Å². The standard InChI is InChI=1S/C14H16N4O2/c19-14(20)13-9-18(17-16-13)6-5-15-8-11-7-10-3-1-2-4-12(10)11/h1-4,9,11,15H,5-8H2,(H,19,20). The molecule has 0 radical (unpaired) electrons. The van der Waals surface area contributed by atoms with Crippen LogP contribution in [0.3, 0.4) is 0 Å². The molecule has 1 aromatic carbocycles. The number of nitrogens with zero attached hydrogens (tertiary/aromatic N) is 3. The van der Waals surface area contributed by atoms with Crippen molar-refractivity contribution in [3.05, 3.63) is 47.3 Å². The Morgan fingerprint density at radius 3 is 3.05 bits per heavy atom. The van der Waals surface area contributed by atoms with Gasteiger partial charge in [-0.2, -0.15) is 0 Å². The number of benzene rings is 1. The van der Waals surface area contributed by atoms with Crippen molar-refractivity contribution in [3.63, 3.8) is 0 Å². The summed E-state index contributed by atoms with van der Waals surface area (Å²) >= 11 is 0. The van der Waals surface area contributed by atoms with Crippen molar-refractivity contribution >= 4 is 5.97 Å². The Balaban J connectivity index is 1.42. The summed E-state index contributed by atoms with van der Waals surface area (Å²) in [6, 6.07) is 8.51. The summed E-state index contributed by atoms with van der Waals surface area (Å²) in [7, 11) is 0. The van der Waals surface area contributed by atoms with E-state index in [4.69, 9.17) is 5.11 Å². The molecule has 1 aliphatic carbocycles. The first kappa shape index (κ1) is 12.8. The van der Waals surface area contributed by atoms with E-state index in [-0.39, 0.29) is 5.69 Å². The smallest absolute Gasteiger partial charge is 0.358 e. The van der Waals surface area contributed by atoms with Crippen molar-refractivity contribution in [3.8, 4) is 0 Å². The quantitative estimate of drug-likeness (QED) is 0.764. The molecule has 2 aromatic rings. The van der Waals surface area contributed by atoms with Gasteiger partial charge < -0.3 is 10.4 Å². The summed E-state index contributed by atoms with van der Waals surface area (Å²) < 4.78 is 1.55. The zero-order valence-electron chi connectivity index (χ0n) is 11.0. The zero-order chi connectivity index (χ0) is 13.9. The van der Waals surface area contributed by atoms with Gasteiger partial charge in [0.1, 0.15) is 0 Å². The lowest BCUT2D eigenvalue weighted by atomic mass is 9.78. The van der Waals surface area contributed by atoms with E-state index < -0.39 is 5.97 Å². The average Bonchev–Trinajstić information content (AvgIpc) is 2.88. The fourth-order valence-electron chi connectivity index (χ4n) is 2.52. The molecule has 104 valence electrons. The highest BCUT2D eigenvalue weighted by Crippen LogP contribution is 2.33. The Morgan fingerprint density at radius 1 is 1.45 bits per heavy atom. The van der Waals surface area contributed by atoms with Gasteiger partial charge in [0.15, 0.2) is 5.69 Å². The number of carbonyl (C=O) groups is 1. The largest absolute Gasteiger partial charge is 0.476 e. The van der Waals surface area contributed by atoms with E-state index in [0.29, 0.717) is 12.5 Å². The molecule has 3 rings (SSSR count). The highest BCUT2D eigenvalue weighted by molar-refractivity contribution is 5.84. The Kier molecular flexibility index (Phi) is 3.47. The minimum atomic E-state index is -1.05. The lowest BCUT2D eigenvalue weighted by Crippen LogP contribution is -2.31. The van der Waals surface area contributed by atoms with Gasteiger partial charge in [0, 0.05) is 19.0 Å². The van der Waals surface area contributed by atoms with Crippen molar-refractivity contribution in [2.24, 2.45) is 0 Å². The molecule has 0 amide bonds. The van der Waals surface area contributed by atoms with Gasteiger partial charge in [0.2, 0.25) is 0 Å². The number of carboxylic acid groups (broad SMARTS) is 1. The number of hydrogen-bond donors (Lipinski definition) is 2. The summed E-state index contributed by atoms with van der Waals surface area (Å²) in [4.78, 5) is 10.7. The van der Waals surface area contributed by atoms with Crippen LogP contribution in [0.1, 0.15) is 27.5 Å². The molecule has 1 heterocycles. The van der Waals surface area contributed by atoms with Gasteiger partial charge >= 0.3 is 5.97 Å². The molecule has 0 fully saturated rings. The molecule has 1 aromatic heterocycles. The second-order valence-corrected chi connectivity index (χ2v) is 4.98. The van der Waals surface area contributed by atoms with Crippen molar-refractivity contribution in [1.29, 1.82) is 0 Å². The number of carboxylic acids is 1. The predicted octanol–water partition coefficient (Wildman–Crippen LogP) is 0.906. The highest BCUT2D eigenvalue weighted by atomic mass is 16.4. The van der Waals surface area contributed by atoms with Crippen LogP contribution in [-0.4, -0.2) is 39.2 Å². The van der Waals surface area contributed by atoms with Crippen molar-refractivity contribution < 1.29 is 9.90 Å². The van der Waals surface area contributed by atoms with E-state index in [9.17, 15) is 4.79 Å². The molecule has 6 nitrogen and oxygen atoms in total. The van der Waals surface area contributed by atoms with Gasteiger partial charge in [-0.1, -0.05) is 29.5 Å². The number of aromatic nitrogens is 3. The molecule has 2 N–H and O–H groups in total. The fraction of sp³-hybridized carbons (Fsp3) is 0.357. The third kappa shape index (κ3) is 2.55. The molecule has 1 atom stereocenters. The SMILES string of the molecule is O=C(O)c1cn(CCNCC2Cc3ccccc32)nn1. The molecule has 0 aliphatic heterocycles. The van der Waals surface area contributed by atoms with E-state index in [1.165, 1.54) is 17.3 Å². The predicted molar refractivity (Wildman–Crippen MR) is 72.7 cm³/mol. The average molecular weight is 272 g/mol. The van der Waals surface area contributed by atoms with Crippen LogP contribution in [0.15, 0.2) is 30.5 Å². The van der Waals surface area contributed by atoms with Crippen LogP contribution >= 0.6 is 0 Å². The summed E-state index contributed by atoms with van der Waals surface area (Å²) in [6.45, 7) is 2.31. The monoisotopic (exact) mass is 272 g/mol. The molecule has 1 unspecified atom stereocenters. The third-order valence-corrected chi connectivity index (χ3v) is 3.63. The van der Waals surface area contributed by atoms with Gasteiger partial charge in [-0.3, -0.25) is 4.68 Å². The van der Waals surface area contributed by atoms with E-state index in [0.717, 1.165) is 19.5 Å². The Bertz CT molecular complexity index is 623. The Morgan fingerprint density at radius 2 is 2.30 bits per heavy atom. The van der Waals surface area contributed by atoms with E-state index >= 15 is 0 Å². The number of aromatic carboxylic acids is 1. The maximum absolute atomic E-state index is 10.7. The van der Waals surface area contributed by atoms with Crippen molar-refractivity contribution in [1.82, 2.24) is 20.3 Å². The zero-order valence-corrected chi connectivity index (χ0v) is 11.0. The highest BCUT2D eigenvalue weighted by Gasteiger charge is 2.24. The summed E-state index contributed by atoms with van der Waals surface area (Å²) in [5.41, 5.74) is 2.87. The van der Waals surface area contributed by atoms with Crippen molar-refractivity contribution in [2.75, 3.05) is 13.1 Å². The van der Waals surface area contributed by atoms with Gasteiger partial charge in [0.25, 0.3) is 0 Å². The molecule has 0 saturated heterocycles. The first-order valence-electron chi connectivity index (χ1n) is 6.66. The molecule has 0 spiro atoms. The summed E-state index contributed by atoms with van der Waals surface area (Å²) in [5, 5.41) is 19.5. The molecule has 0 saturated carbocycles. The second-order valence-electron chi connectivity index (χ2n) is 4.98. The van der Waals surface area contributed by atoms with Crippen molar-refractivity contribution in [2.45, 2.75) is 18.9 Å². The van der Waals surface area contributed by atoms with Crippen LogP contribution in [-0.2, 0) is 13.0 Å². The van der Waals surface area contributed by atoms with Crippen LogP contribution in [0.4, 0.5) is 0 Å². The summed E-state index contributed by atoms with van der Waals surface area (Å²) in [6.07, 6.45) is 2.58. The summed E-state index contributed by atoms with van der Waals surface area (Å²) in [5.74, 6) is -0.452. The normalized spacial score (nSPS) is 16.5. The number of rotatable bonds is 6. The van der Waals surface area contributed by atoms with E-state index in [2.05, 4.69) is 39.9 Å². The van der Waals surface area contributed by atoms with Gasteiger partial charge in [-0.15, -0.1) is 5.10 Å². The van der Waals surface area contributed by atoms with Crippen LogP contribution in [0.2, 0.25) is 0 Å². The lowest BCUT2D eigenvalue weighted by molar-refractivity contribution is 0.0690. The first-order chi connectivity index (χ1) is 9.74. The first-order valence-corrected chi connectivity index (χ1v) is 6.66. The topological polar surface area (TPSA) is 80.0 Å².